The van der Waals surface area contributed by atoms with Crippen LogP contribution in [0.25, 0.3) is 0 Å². The Balaban J connectivity index is 1.77. The van der Waals surface area contributed by atoms with Crippen molar-refractivity contribution in [2.75, 3.05) is 12.3 Å². The Morgan fingerprint density at radius 1 is 1.58 bits per heavy atom. The van der Waals surface area contributed by atoms with Crippen molar-refractivity contribution in [2.24, 2.45) is 0 Å². The van der Waals surface area contributed by atoms with Crippen LogP contribution in [0.1, 0.15) is 5.69 Å². The van der Waals surface area contributed by atoms with Gasteiger partial charge in [0, 0.05) is 18.8 Å². The normalized spacial score (nSPS) is 10.6. The van der Waals surface area contributed by atoms with Crippen molar-refractivity contribution in [3.05, 3.63) is 29.2 Å². The molecule has 0 fully saturated rings. The number of anilines is 1. The SMILES string of the molecule is Cc1cc(N)n(CC(=O)NCCn2cc(Cl)cn2)n1. The number of hydrogen-bond donors (Lipinski definition) is 2. The first-order valence-corrected chi connectivity index (χ1v) is 6.17. The summed E-state index contributed by atoms with van der Waals surface area (Å²) in [5.74, 6) is 0.333. The van der Waals surface area contributed by atoms with Crippen molar-refractivity contribution in [3.63, 3.8) is 0 Å². The molecule has 0 saturated heterocycles. The quantitative estimate of drug-likeness (QED) is 0.832. The molecule has 7 nitrogen and oxygen atoms in total. The van der Waals surface area contributed by atoms with E-state index in [1.807, 2.05) is 6.92 Å². The lowest BCUT2D eigenvalue weighted by Gasteiger charge is -2.06. The number of halogens is 1. The van der Waals surface area contributed by atoms with Crippen molar-refractivity contribution in [2.45, 2.75) is 20.0 Å². The first-order chi connectivity index (χ1) is 9.04. The van der Waals surface area contributed by atoms with E-state index in [1.54, 1.807) is 23.1 Å². The second kappa shape index (κ2) is 5.75. The molecule has 2 aromatic heterocycles. The highest BCUT2D eigenvalue weighted by atomic mass is 35.5. The number of nitrogens with zero attached hydrogens (tertiary/aromatic N) is 4. The zero-order valence-corrected chi connectivity index (χ0v) is 11.3. The van der Waals surface area contributed by atoms with Crippen LogP contribution in [-0.2, 0) is 17.9 Å². The van der Waals surface area contributed by atoms with Crippen LogP contribution in [0.2, 0.25) is 5.02 Å². The molecule has 2 rings (SSSR count). The maximum Gasteiger partial charge on any atom is 0.241 e. The molecular formula is C11H15ClN6O. The van der Waals surface area contributed by atoms with Crippen LogP contribution in [-0.4, -0.2) is 32.0 Å². The summed E-state index contributed by atoms with van der Waals surface area (Å²) < 4.78 is 3.13. The number of nitrogen functional groups attached to an aromatic ring is 1. The molecule has 0 aliphatic heterocycles. The minimum atomic E-state index is -0.145. The minimum absolute atomic E-state index is 0.111. The van der Waals surface area contributed by atoms with E-state index in [-0.39, 0.29) is 12.5 Å². The summed E-state index contributed by atoms with van der Waals surface area (Å²) >= 11 is 5.73. The third kappa shape index (κ3) is 3.72. The highest BCUT2D eigenvalue weighted by Gasteiger charge is 2.07. The van der Waals surface area contributed by atoms with Crippen molar-refractivity contribution in [1.82, 2.24) is 24.9 Å². The van der Waals surface area contributed by atoms with Crippen LogP contribution < -0.4 is 11.1 Å². The number of amides is 1. The van der Waals surface area contributed by atoms with E-state index in [2.05, 4.69) is 15.5 Å². The topological polar surface area (TPSA) is 90.8 Å². The van der Waals surface area contributed by atoms with Gasteiger partial charge in [0.25, 0.3) is 0 Å². The molecule has 0 aliphatic carbocycles. The number of nitrogens with two attached hydrogens (primary N) is 1. The molecule has 0 saturated carbocycles. The lowest BCUT2D eigenvalue weighted by Crippen LogP contribution is -2.31. The molecule has 0 bridgehead atoms. The predicted octanol–water partition coefficient (Wildman–Crippen LogP) is 0.440. The molecule has 2 aromatic rings. The van der Waals surface area contributed by atoms with Crippen LogP contribution in [0.15, 0.2) is 18.5 Å². The number of aryl methyl sites for hydroxylation is 1. The van der Waals surface area contributed by atoms with Gasteiger partial charge in [-0.05, 0) is 6.92 Å². The highest BCUT2D eigenvalue weighted by molar-refractivity contribution is 6.30. The fourth-order valence-electron chi connectivity index (χ4n) is 1.65. The molecular weight excluding hydrogens is 268 g/mol. The van der Waals surface area contributed by atoms with E-state index in [1.165, 1.54) is 4.68 Å². The Bertz CT molecular complexity index is 576. The van der Waals surface area contributed by atoms with E-state index in [4.69, 9.17) is 17.3 Å². The van der Waals surface area contributed by atoms with Gasteiger partial charge in [-0.1, -0.05) is 11.6 Å². The van der Waals surface area contributed by atoms with Crippen LogP contribution in [0.4, 0.5) is 5.82 Å². The van der Waals surface area contributed by atoms with Gasteiger partial charge in [-0.25, -0.2) is 4.68 Å². The number of carbonyl (C=O) groups is 1. The molecule has 0 unspecified atom stereocenters. The molecule has 2 heterocycles. The predicted molar refractivity (Wildman–Crippen MR) is 71.6 cm³/mol. The van der Waals surface area contributed by atoms with Gasteiger partial charge in [-0.15, -0.1) is 0 Å². The smallest absolute Gasteiger partial charge is 0.241 e. The fraction of sp³-hybridized carbons (Fsp3) is 0.364. The molecule has 102 valence electrons. The minimum Gasteiger partial charge on any atom is -0.384 e. The summed E-state index contributed by atoms with van der Waals surface area (Å²) in [6.45, 7) is 2.97. The summed E-state index contributed by atoms with van der Waals surface area (Å²) in [5.41, 5.74) is 6.49. The first-order valence-electron chi connectivity index (χ1n) is 5.79. The Hall–Kier alpha value is -2.02. The maximum absolute atomic E-state index is 11.7. The average molecular weight is 283 g/mol. The van der Waals surface area contributed by atoms with Gasteiger partial charge in [-0.2, -0.15) is 10.2 Å². The van der Waals surface area contributed by atoms with E-state index in [0.29, 0.717) is 23.9 Å². The summed E-state index contributed by atoms with van der Waals surface area (Å²) in [7, 11) is 0. The third-order valence-corrected chi connectivity index (χ3v) is 2.69. The Morgan fingerprint density at radius 3 is 2.95 bits per heavy atom. The third-order valence-electron chi connectivity index (χ3n) is 2.49. The van der Waals surface area contributed by atoms with Crippen molar-refractivity contribution in [1.29, 1.82) is 0 Å². The van der Waals surface area contributed by atoms with Gasteiger partial charge in [0.15, 0.2) is 0 Å². The number of aromatic nitrogens is 4. The van der Waals surface area contributed by atoms with Crippen molar-refractivity contribution in [3.8, 4) is 0 Å². The van der Waals surface area contributed by atoms with Gasteiger partial charge in [0.05, 0.1) is 23.5 Å². The molecule has 19 heavy (non-hydrogen) atoms. The Kier molecular flexibility index (Phi) is 4.06. The number of carbonyl (C=O) groups excluding carboxylic acids is 1. The van der Waals surface area contributed by atoms with Crippen LogP contribution in [0.3, 0.4) is 0 Å². The summed E-state index contributed by atoms with van der Waals surface area (Å²) in [6.07, 6.45) is 3.25. The molecule has 1 amide bonds. The van der Waals surface area contributed by atoms with Gasteiger partial charge in [0.1, 0.15) is 12.4 Å². The van der Waals surface area contributed by atoms with Gasteiger partial charge >= 0.3 is 0 Å². The van der Waals surface area contributed by atoms with Crippen molar-refractivity contribution < 1.29 is 4.79 Å². The standard InChI is InChI=1S/C11H15ClN6O/c1-8-4-10(13)18(16-8)7-11(19)14-2-3-17-6-9(12)5-15-17/h4-6H,2-3,7,13H2,1H3,(H,14,19). The number of rotatable bonds is 5. The summed E-state index contributed by atoms with van der Waals surface area (Å²) in [5, 5.41) is 11.5. The largest absolute Gasteiger partial charge is 0.384 e. The molecule has 3 N–H and O–H groups in total. The second-order valence-corrected chi connectivity index (χ2v) is 4.58. The molecule has 0 radical (unpaired) electrons. The average Bonchev–Trinajstić information content (AvgIpc) is 2.86. The van der Waals surface area contributed by atoms with Crippen LogP contribution >= 0.6 is 11.6 Å². The van der Waals surface area contributed by atoms with E-state index >= 15 is 0 Å². The second-order valence-electron chi connectivity index (χ2n) is 4.14. The molecule has 0 spiro atoms. The highest BCUT2D eigenvalue weighted by Crippen LogP contribution is 2.05. The van der Waals surface area contributed by atoms with Gasteiger partial charge in [-0.3, -0.25) is 9.48 Å². The van der Waals surface area contributed by atoms with E-state index < -0.39 is 0 Å². The van der Waals surface area contributed by atoms with Crippen LogP contribution in [0, 0.1) is 6.92 Å². The fourth-order valence-corrected chi connectivity index (χ4v) is 1.81. The van der Waals surface area contributed by atoms with Gasteiger partial charge in [0.2, 0.25) is 5.91 Å². The monoisotopic (exact) mass is 282 g/mol. The van der Waals surface area contributed by atoms with E-state index in [0.717, 1.165) is 5.69 Å². The zero-order valence-electron chi connectivity index (χ0n) is 10.5. The first kappa shape index (κ1) is 13.4. The lowest BCUT2D eigenvalue weighted by molar-refractivity contribution is -0.121. The maximum atomic E-state index is 11.7. The summed E-state index contributed by atoms with van der Waals surface area (Å²) in [4.78, 5) is 11.7. The number of hydrogen-bond acceptors (Lipinski definition) is 4. The zero-order chi connectivity index (χ0) is 13.8. The molecule has 8 heteroatoms. The van der Waals surface area contributed by atoms with Crippen LogP contribution in [0.5, 0.6) is 0 Å². The Morgan fingerprint density at radius 2 is 2.37 bits per heavy atom. The molecule has 0 aromatic carbocycles. The van der Waals surface area contributed by atoms with Gasteiger partial charge < -0.3 is 11.1 Å². The van der Waals surface area contributed by atoms with Crippen molar-refractivity contribution >= 4 is 23.3 Å². The molecule has 0 atom stereocenters. The molecule has 0 aliphatic rings. The number of nitrogens with one attached hydrogen (secondary N) is 1. The van der Waals surface area contributed by atoms with E-state index in [9.17, 15) is 4.79 Å². The summed E-state index contributed by atoms with van der Waals surface area (Å²) in [6, 6.07) is 1.72. The lowest BCUT2D eigenvalue weighted by atomic mass is 10.5. The Labute approximate surface area is 115 Å².